The summed E-state index contributed by atoms with van der Waals surface area (Å²) < 4.78 is 10.6. The topological polar surface area (TPSA) is 81.8 Å². The number of hydrogen-bond donors (Lipinski definition) is 2. The minimum absolute atomic E-state index is 0.154. The average molecular weight is 295 g/mol. The van der Waals surface area contributed by atoms with Crippen LogP contribution in [0.1, 0.15) is 38.2 Å². The van der Waals surface area contributed by atoms with Crippen LogP contribution in [0.2, 0.25) is 0 Å². The molecule has 0 aromatic heterocycles. The van der Waals surface area contributed by atoms with E-state index in [0.717, 1.165) is 23.5 Å². The molecule has 1 aromatic rings. The van der Waals surface area contributed by atoms with Crippen molar-refractivity contribution in [1.29, 1.82) is 0 Å². The first-order valence-electron chi connectivity index (χ1n) is 7.14. The number of carbonyl (C=O) groups is 1. The van der Waals surface area contributed by atoms with E-state index < -0.39 is 12.0 Å². The molecule has 0 fully saturated rings. The van der Waals surface area contributed by atoms with Gasteiger partial charge in [0.05, 0.1) is 14.2 Å². The first-order valence-corrected chi connectivity index (χ1v) is 7.14. The van der Waals surface area contributed by atoms with Crippen LogP contribution >= 0.6 is 0 Å². The van der Waals surface area contributed by atoms with Gasteiger partial charge in [-0.15, -0.1) is 0 Å². The second-order valence-electron chi connectivity index (χ2n) is 5.25. The van der Waals surface area contributed by atoms with Crippen LogP contribution in [-0.4, -0.2) is 31.3 Å². The summed E-state index contributed by atoms with van der Waals surface area (Å²) in [7, 11) is 3.23. The van der Waals surface area contributed by atoms with Gasteiger partial charge in [-0.3, -0.25) is 4.79 Å². The number of nitrogens with two attached hydrogens (primary N) is 1. The van der Waals surface area contributed by atoms with Crippen LogP contribution in [0.3, 0.4) is 0 Å². The average Bonchev–Trinajstić information content (AvgIpc) is 2.50. The fraction of sp³-hybridized carbons (Fsp3) is 0.562. The van der Waals surface area contributed by atoms with Crippen molar-refractivity contribution in [2.45, 2.75) is 38.6 Å². The SMILES string of the molecule is CCC(CC(N)C(=O)O)C(C)c1ccc(OC)cc1OC. The lowest BCUT2D eigenvalue weighted by molar-refractivity contribution is -0.139. The van der Waals surface area contributed by atoms with Crippen molar-refractivity contribution >= 4 is 5.97 Å². The molecule has 0 saturated carbocycles. The minimum Gasteiger partial charge on any atom is -0.497 e. The van der Waals surface area contributed by atoms with E-state index >= 15 is 0 Å². The van der Waals surface area contributed by atoms with E-state index in [4.69, 9.17) is 20.3 Å². The van der Waals surface area contributed by atoms with Crippen LogP contribution in [0.25, 0.3) is 0 Å². The number of hydrogen-bond acceptors (Lipinski definition) is 4. The Hall–Kier alpha value is -1.75. The van der Waals surface area contributed by atoms with Crippen molar-refractivity contribution in [2.24, 2.45) is 11.7 Å². The molecule has 5 nitrogen and oxygen atoms in total. The molecule has 1 rings (SSSR count). The van der Waals surface area contributed by atoms with Gasteiger partial charge < -0.3 is 20.3 Å². The van der Waals surface area contributed by atoms with Crippen LogP contribution in [-0.2, 0) is 4.79 Å². The highest BCUT2D eigenvalue weighted by atomic mass is 16.5. The predicted octanol–water partition coefficient (Wildman–Crippen LogP) is 2.64. The quantitative estimate of drug-likeness (QED) is 0.770. The first-order chi connectivity index (χ1) is 9.94. The highest BCUT2D eigenvalue weighted by Gasteiger charge is 2.25. The second kappa shape index (κ2) is 7.88. The summed E-state index contributed by atoms with van der Waals surface area (Å²) in [6, 6.07) is 4.87. The number of ether oxygens (including phenoxy) is 2. The van der Waals surface area contributed by atoms with Crippen molar-refractivity contribution in [3.63, 3.8) is 0 Å². The van der Waals surface area contributed by atoms with Gasteiger partial charge in [0.2, 0.25) is 0 Å². The van der Waals surface area contributed by atoms with Gasteiger partial charge in [-0.05, 0) is 29.9 Å². The number of methoxy groups -OCH3 is 2. The summed E-state index contributed by atoms with van der Waals surface area (Å²) in [6.45, 7) is 4.12. The summed E-state index contributed by atoms with van der Waals surface area (Å²) in [5.74, 6) is 0.865. The lowest BCUT2D eigenvalue weighted by atomic mass is 9.81. The van der Waals surface area contributed by atoms with Gasteiger partial charge in [0.25, 0.3) is 0 Å². The number of carboxylic acids is 1. The Morgan fingerprint density at radius 3 is 2.48 bits per heavy atom. The third kappa shape index (κ3) is 4.36. The van der Waals surface area contributed by atoms with E-state index in [1.807, 2.05) is 25.1 Å². The molecule has 3 unspecified atom stereocenters. The zero-order valence-corrected chi connectivity index (χ0v) is 13.1. The first kappa shape index (κ1) is 17.3. The lowest BCUT2D eigenvalue weighted by Crippen LogP contribution is -2.33. The molecule has 0 radical (unpaired) electrons. The highest BCUT2D eigenvalue weighted by molar-refractivity contribution is 5.73. The van der Waals surface area contributed by atoms with Crippen molar-refractivity contribution in [3.8, 4) is 11.5 Å². The largest absolute Gasteiger partial charge is 0.497 e. The molecule has 5 heteroatoms. The van der Waals surface area contributed by atoms with Crippen LogP contribution in [0.4, 0.5) is 0 Å². The van der Waals surface area contributed by atoms with Crippen LogP contribution < -0.4 is 15.2 Å². The maximum Gasteiger partial charge on any atom is 0.320 e. The minimum atomic E-state index is -0.956. The Kier molecular flexibility index (Phi) is 6.49. The predicted molar refractivity (Wildman–Crippen MR) is 82.0 cm³/mol. The fourth-order valence-corrected chi connectivity index (χ4v) is 2.60. The number of rotatable bonds is 8. The molecule has 0 spiro atoms. The third-order valence-corrected chi connectivity index (χ3v) is 4.04. The highest BCUT2D eigenvalue weighted by Crippen LogP contribution is 2.37. The summed E-state index contributed by atoms with van der Waals surface area (Å²) in [6.07, 6.45) is 1.31. The Bertz CT molecular complexity index is 475. The zero-order chi connectivity index (χ0) is 16.0. The van der Waals surface area contributed by atoms with E-state index in [2.05, 4.69) is 6.92 Å². The standard InChI is InChI=1S/C16H25NO4/c1-5-11(8-14(17)16(18)19)10(2)13-7-6-12(20-3)9-15(13)21-4/h6-7,9-11,14H,5,8,17H2,1-4H3,(H,18,19). The van der Waals surface area contributed by atoms with Crippen LogP contribution in [0.5, 0.6) is 11.5 Å². The number of benzene rings is 1. The van der Waals surface area contributed by atoms with Gasteiger partial charge in [-0.2, -0.15) is 0 Å². The molecule has 0 aliphatic carbocycles. The maximum atomic E-state index is 11.0. The molecular formula is C16H25NO4. The normalized spacial score (nSPS) is 15.1. The van der Waals surface area contributed by atoms with E-state index in [1.165, 1.54) is 0 Å². The van der Waals surface area contributed by atoms with E-state index in [-0.39, 0.29) is 11.8 Å². The molecule has 0 aliphatic heterocycles. The van der Waals surface area contributed by atoms with Gasteiger partial charge in [0.15, 0.2) is 0 Å². The van der Waals surface area contributed by atoms with Gasteiger partial charge in [0, 0.05) is 6.07 Å². The number of aliphatic carboxylic acids is 1. The molecule has 0 aliphatic rings. The molecule has 0 heterocycles. The van der Waals surface area contributed by atoms with E-state index in [0.29, 0.717) is 6.42 Å². The molecule has 0 saturated heterocycles. The van der Waals surface area contributed by atoms with Crippen molar-refractivity contribution in [1.82, 2.24) is 0 Å². The van der Waals surface area contributed by atoms with E-state index in [1.54, 1.807) is 14.2 Å². The smallest absolute Gasteiger partial charge is 0.320 e. The fourth-order valence-electron chi connectivity index (χ4n) is 2.60. The van der Waals surface area contributed by atoms with Crippen molar-refractivity contribution in [3.05, 3.63) is 23.8 Å². The van der Waals surface area contributed by atoms with Gasteiger partial charge in [-0.25, -0.2) is 0 Å². The molecule has 21 heavy (non-hydrogen) atoms. The Morgan fingerprint density at radius 1 is 1.33 bits per heavy atom. The van der Waals surface area contributed by atoms with Gasteiger partial charge in [-0.1, -0.05) is 26.3 Å². The summed E-state index contributed by atoms with van der Waals surface area (Å²) >= 11 is 0. The Balaban J connectivity index is 2.98. The van der Waals surface area contributed by atoms with E-state index in [9.17, 15) is 4.79 Å². The molecular weight excluding hydrogens is 270 g/mol. The van der Waals surface area contributed by atoms with Crippen molar-refractivity contribution < 1.29 is 19.4 Å². The van der Waals surface area contributed by atoms with Crippen LogP contribution in [0.15, 0.2) is 18.2 Å². The molecule has 3 N–H and O–H groups in total. The monoisotopic (exact) mass is 295 g/mol. The number of carboxylic acid groups (broad SMARTS) is 1. The molecule has 3 atom stereocenters. The van der Waals surface area contributed by atoms with Crippen molar-refractivity contribution in [2.75, 3.05) is 14.2 Å². The summed E-state index contributed by atoms with van der Waals surface area (Å²) in [5, 5.41) is 8.98. The van der Waals surface area contributed by atoms with Gasteiger partial charge in [0.1, 0.15) is 17.5 Å². The Morgan fingerprint density at radius 2 is 2.00 bits per heavy atom. The summed E-state index contributed by atoms with van der Waals surface area (Å²) in [4.78, 5) is 11.0. The third-order valence-electron chi connectivity index (χ3n) is 4.04. The molecule has 0 bridgehead atoms. The summed E-state index contributed by atoms with van der Waals surface area (Å²) in [5.41, 5.74) is 6.72. The lowest BCUT2D eigenvalue weighted by Gasteiger charge is -2.26. The second-order valence-corrected chi connectivity index (χ2v) is 5.25. The molecule has 118 valence electrons. The maximum absolute atomic E-state index is 11.0. The zero-order valence-electron chi connectivity index (χ0n) is 13.1. The molecule has 1 aromatic carbocycles. The molecule has 0 amide bonds. The van der Waals surface area contributed by atoms with Gasteiger partial charge >= 0.3 is 5.97 Å². The Labute approximate surface area is 126 Å². The van der Waals surface area contributed by atoms with Crippen LogP contribution in [0, 0.1) is 5.92 Å².